The summed E-state index contributed by atoms with van der Waals surface area (Å²) in [5.74, 6) is -0.0407. The first-order valence-corrected chi connectivity index (χ1v) is 21.8. The Hall–Kier alpha value is -5.90. The van der Waals surface area contributed by atoms with Gasteiger partial charge >= 0.3 is 6.09 Å². The first kappa shape index (κ1) is 45.1. The number of benzene rings is 3. The van der Waals surface area contributed by atoms with Gasteiger partial charge in [0.2, 0.25) is 12.6 Å². The minimum Gasteiger partial charge on any atom is -0.459 e. The Morgan fingerprint density at radius 1 is 0.984 bits per heavy atom. The van der Waals surface area contributed by atoms with Gasteiger partial charge < -0.3 is 43.5 Å². The SMILES string of the molecule is C=CCCOC(=O)N(Cc1ccc2c(c1)OCO2)[C@H]1CC(=NOCC)C2=C[C@H](CCCCO)[C@@H](CCCCO)[C@@H]3c4cc(Oc5cccc([N+](=O)[O-])c5)ccc4O[C@@]1(OCC=C)[C@H]23. The molecule has 63 heavy (non-hydrogen) atoms. The molecule has 2 aliphatic heterocycles. The number of aliphatic hydroxyl groups is 2. The van der Waals surface area contributed by atoms with Gasteiger partial charge in [-0.15, -0.1) is 13.2 Å². The molecule has 0 spiro atoms. The monoisotopic (exact) mass is 867 g/mol. The molecule has 1 amide bonds. The summed E-state index contributed by atoms with van der Waals surface area (Å²) in [4.78, 5) is 33.4. The number of rotatable bonds is 22. The van der Waals surface area contributed by atoms with Gasteiger partial charge in [-0.25, -0.2) is 4.79 Å². The van der Waals surface area contributed by atoms with E-state index in [2.05, 4.69) is 19.2 Å². The second kappa shape index (κ2) is 21.0. The lowest BCUT2D eigenvalue weighted by atomic mass is 9.55. The topological polar surface area (TPSA) is 181 Å². The third-order valence-electron chi connectivity index (χ3n) is 12.2. The number of aliphatic hydroxyl groups excluding tert-OH is 2. The average molecular weight is 868 g/mol. The Kier molecular flexibility index (Phi) is 15.0. The Morgan fingerprint density at radius 3 is 2.52 bits per heavy atom. The fourth-order valence-corrected chi connectivity index (χ4v) is 9.50. The number of hydrogen-bond acceptors (Lipinski definition) is 13. The van der Waals surface area contributed by atoms with Crippen LogP contribution in [-0.2, 0) is 20.9 Å². The van der Waals surface area contributed by atoms with E-state index < -0.39 is 28.8 Å². The van der Waals surface area contributed by atoms with Crippen LogP contribution in [0, 0.1) is 27.9 Å². The Morgan fingerprint density at radius 2 is 1.76 bits per heavy atom. The maximum atomic E-state index is 14.7. The van der Waals surface area contributed by atoms with Crippen molar-refractivity contribution in [3.05, 3.63) is 119 Å². The van der Waals surface area contributed by atoms with Gasteiger partial charge in [0.25, 0.3) is 5.69 Å². The van der Waals surface area contributed by atoms with Crippen molar-refractivity contribution in [3.8, 4) is 28.7 Å². The quantitative estimate of drug-likeness (QED) is 0.0424. The predicted octanol–water partition coefficient (Wildman–Crippen LogP) is 8.98. The predicted molar refractivity (Wildman–Crippen MR) is 234 cm³/mol. The second-order valence-corrected chi connectivity index (χ2v) is 16.1. The Bertz CT molecular complexity index is 2180. The van der Waals surface area contributed by atoms with Crippen LogP contribution in [0.3, 0.4) is 0 Å². The van der Waals surface area contributed by atoms with Gasteiger partial charge in [0.05, 0.1) is 35.8 Å². The maximum absolute atomic E-state index is 14.7. The number of ether oxygens (including phenoxy) is 6. The normalized spacial score (nSPS) is 23.4. The van der Waals surface area contributed by atoms with E-state index in [9.17, 15) is 25.1 Å². The number of amides is 1. The lowest BCUT2D eigenvalue weighted by molar-refractivity contribution is -0.384. The fraction of sp³-hybridized carbons (Fsp3) is 0.458. The van der Waals surface area contributed by atoms with Crippen molar-refractivity contribution >= 4 is 17.5 Å². The highest BCUT2D eigenvalue weighted by Gasteiger charge is 2.65. The molecule has 0 unspecified atom stereocenters. The summed E-state index contributed by atoms with van der Waals surface area (Å²) in [5, 5.41) is 36.3. The zero-order valence-corrected chi connectivity index (χ0v) is 35.7. The van der Waals surface area contributed by atoms with Gasteiger partial charge in [0.1, 0.15) is 29.9 Å². The maximum Gasteiger partial charge on any atom is 0.410 e. The number of oxime groups is 1. The van der Waals surface area contributed by atoms with Crippen LogP contribution in [-0.4, -0.2) is 83.5 Å². The molecule has 0 radical (unpaired) electrons. The molecule has 1 fully saturated rings. The largest absolute Gasteiger partial charge is 0.459 e. The number of hydrogen-bond donors (Lipinski definition) is 2. The molecule has 2 N–H and O–H groups in total. The zero-order chi connectivity index (χ0) is 44.3. The highest BCUT2D eigenvalue weighted by molar-refractivity contribution is 6.03. The summed E-state index contributed by atoms with van der Waals surface area (Å²) >= 11 is 0. The van der Waals surface area contributed by atoms with Crippen LogP contribution in [0.5, 0.6) is 28.7 Å². The number of carbonyl (C=O) groups excluding carboxylic acids is 1. The fourth-order valence-electron chi connectivity index (χ4n) is 9.50. The van der Waals surface area contributed by atoms with Crippen molar-refractivity contribution < 1.29 is 53.2 Å². The number of non-ortho nitro benzene ring substituents is 1. The van der Waals surface area contributed by atoms with Gasteiger partial charge in [-0.1, -0.05) is 48.4 Å². The summed E-state index contributed by atoms with van der Waals surface area (Å²) in [6, 6.07) is 16.2. The van der Waals surface area contributed by atoms with Crippen LogP contribution >= 0.6 is 0 Å². The standard InChI is InChI=1S/C48H57N3O12/c1-4-7-24-57-47(54)50(30-32-17-19-42-43(25-32)59-31-58-42)44-29-40(49-61-6-3)38-26-33(13-8-10-21-52)37(16-9-11-22-53)45-39-28-36(62-35-15-12-14-34(27-35)51(55)56)18-20-41(39)63-48(44,46(38)45)60-23-5-2/h4-5,12,14-15,17-20,25-28,33,37,44-46,52-53H,1-2,6-11,13,16,21-24,29-31H2,3H3/t33-,37+,44-,45+,46+,48+/m0/s1. The third-order valence-corrected chi connectivity index (χ3v) is 12.2. The molecular formula is C48H57N3O12. The van der Waals surface area contributed by atoms with E-state index in [4.69, 9.17) is 38.4 Å². The van der Waals surface area contributed by atoms with Gasteiger partial charge in [0.15, 0.2) is 11.5 Å². The molecule has 4 aliphatic rings. The van der Waals surface area contributed by atoms with E-state index in [1.807, 2.05) is 37.3 Å². The average Bonchev–Trinajstić information content (AvgIpc) is 3.76. The first-order chi connectivity index (χ1) is 30.7. The van der Waals surface area contributed by atoms with Gasteiger partial charge in [0, 0.05) is 43.7 Å². The zero-order valence-electron chi connectivity index (χ0n) is 35.7. The molecule has 0 bridgehead atoms. The molecule has 2 aliphatic carbocycles. The Labute approximate surface area is 367 Å². The number of carbonyl (C=O) groups is 1. The first-order valence-electron chi connectivity index (χ1n) is 21.8. The number of nitro groups is 1. The number of nitrogens with zero attached hydrogens (tertiary/aromatic N) is 3. The van der Waals surface area contributed by atoms with Crippen molar-refractivity contribution in [1.29, 1.82) is 0 Å². The minimum absolute atomic E-state index is 0.00729. The molecule has 0 aromatic heterocycles. The molecule has 2 heterocycles. The number of allylic oxidation sites excluding steroid dienone is 1. The van der Waals surface area contributed by atoms with E-state index >= 15 is 0 Å². The molecule has 0 saturated heterocycles. The molecule has 6 atom stereocenters. The van der Waals surface area contributed by atoms with Gasteiger partial charge in [-0.3, -0.25) is 15.0 Å². The van der Waals surface area contributed by atoms with Crippen LogP contribution in [0.1, 0.15) is 75.3 Å². The van der Waals surface area contributed by atoms with Crippen LogP contribution in [0.2, 0.25) is 0 Å². The number of nitro benzene ring substituents is 1. The van der Waals surface area contributed by atoms with Crippen molar-refractivity contribution in [2.24, 2.45) is 22.9 Å². The van der Waals surface area contributed by atoms with Crippen molar-refractivity contribution in [2.45, 2.75) is 82.6 Å². The molecule has 336 valence electrons. The van der Waals surface area contributed by atoms with E-state index in [1.54, 1.807) is 35.3 Å². The van der Waals surface area contributed by atoms with Crippen LogP contribution in [0.4, 0.5) is 10.5 Å². The second-order valence-electron chi connectivity index (χ2n) is 16.1. The molecule has 3 aromatic carbocycles. The van der Waals surface area contributed by atoms with E-state index in [0.717, 1.165) is 42.4 Å². The number of fused-ring (bicyclic) bond motifs is 3. The lowest BCUT2D eigenvalue weighted by Crippen LogP contribution is -2.70. The van der Waals surface area contributed by atoms with Gasteiger partial charge in [-0.2, -0.15) is 0 Å². The van der Waals surface area contributed by atoms with Crippen LogP contribution in [0.15, 0.2) is 103 Å². The molecule has 15 nitrogen and oxygen atoms in total. The summed E-state index contributed by atoms with van der Waals surface area (Å²) < 4.78 is 38.0. The van der Waals surface area contributed by atoms with E-state index in [0.29, 0.717) is 60.3 Å². The summed E-state index contributed by atoms with van der Waals surface area (Å²) in [6.07, 6.45) is 9.90. The summed E-state index contributed by atoms with van der Waals surface area (Å²) in [5.41, 5.74) is 3.01. The van der Waals surface area contributed by atoms with Crippen LogP contribution < -0.4 is 18.9 Å². The molecule has 7 rings (SSSR count). The third kappa shape index (κ3) is 9.85. The Balaban J connectivity index is 1.44. The van der Waals surface area contributed by atoms with Crippen LogP contribution in [0.25, 0.3) is 0 Å². The van der Waals surface area contributed by atoms with Gasteiger partial charge in [-0.05, 0) is 98.4 Å². The summed E-state index contributed by atoms with van der Waals surface area (Å²) in [7, 11) is 0. The van der Waals surface area contributed by atoms with Crippen molar-refractivity contribution in [3.63, 3.8) is 0 Å². The lowest BCUT2D eigenvalue weighted by Gasteiger charge is -2.59. The molecule has 1 saturated carbocycles. The molecule has 3 aromatic rings. The highest BCUT2D eigenvalue weighted by Crippen LogP contribution is 2.62. The highest BCUT2D eigenvalue weighted by atomic mass is 16.7. The number of unbranched alkanes of at least 4 members (excludes halogenated alkanes) is 2. The van der Waals surface area contributed by atoms with Crippen molar-refractivity contribution in [2.75, 3.05) is 39.8 Å². The molecular weight excluding hydrogens is 811 g/mol. The smallest absolute Gasteiger partial charge is 0.410 e. The molecule has 15 heteroatoms. The van der Waals surface area contributed by atoms with E-state index in [-0.39, 0.29) is 69.6 Å². The van der Waals surface area contributed by atoms with Crippen molar-refractivity contribution in [1.82, 2.24) is 4.90 Å². The summed E-state index contributed by atoms with van der Waals surface area (Å²) in [6.45, 7) is 10.5. The minimum atomic E-state index is -1.54. The van der Waals surface area contributed by atoms with E-state index in [1.165, 1.54) is 12.1 Å².